The third kappa shape index (κ3) is 2.49. The lowest BCUT2D eigenvalue weighted by Crippen LogP contribution is -2.36. The molecule has 2 aromatic carbocycles. The number of para-hydroxylation sites is 1. The summed E-state index contributed by atoms with van der Waals surface area (Å²) in [6, 6.07) is 12.1. The van der Waals surface area contributed by atoms with Gasteiger partial charge in [0, 0.05) is 11.3 Å². The maximum absolute atomic E-state index is 12.6. The molecular formula is C18H17NO4. The van der Waals surface area contributed by atoms with Crippen molar-refractivity contribution in [3.63, 3.8) is 0 Å². The van der Waals surface area contributed by atoms with Gasteiger partial charge in [0.15, 0.2) is 11.4 Å². The highest BCUT2D eigenvalue weighted by atomic mass is 16.5. The fourth-order valence-corrected chi connectivity index (χ4v) is 2.84. The highest BCUT2D eigenvalue weighted by molar-refractivity contribution is 6.10. The lowest BCUT2D eigenvalue weighted by atomic mass is 9.87. The molecule has 0 aromatic heterocycles. The summed E-state index contributed by atoms with van der Waals surface area (Å²) in [6.45, 7) is 1.87. The van der Waals surface area contributed by atoms with Crippen molar-refractivity contribution in [3.05, 3.63) is 59.2 Å². The normalized spacial score (nSPS) is 19.2. The van der Waals surface area contributed by atoms with Crippen molar-refractivity contribution in [2.75, 3.05) is 12.4 Å². The molecule has 0 bridgehead atoms. The SMILES string of the molecule is COc1ccccc1C(=O)C[C@]1(O)C(=O)Nc2ccc(C)cc21. The van der Waals surface area contributed by atoms with Crippen LogP contribution in [0.25, 0.3) is 0 Å². The third-order valence-electron chi connectivity index (χ3n) is 4.07. The van der Waals surface area contributed by atoms with E-state index in [0.29, 0.717) is 22.6 Å². The summed E-state index contributed by atoms with van der Waals surface area (Å²) >= 11 is 0. The second-order valence-corrected chi connectivity index (χ2v) is 5.66. The summed E-state index contributed by atoms with van der Waals surface area (Å²) < 4.78 is 5.18. The van der Waals surface area contributed by atoms with Crippen LogP contribution >= 0.6 is 0 Å². The molecule has 0 aliphatic carbocycles. The molecule has 2 N–H and O–H groups in total. The van der Waals surface area contributed by atoms with Crippen LogP contribution in [0.15, 0.2) is 42.5 Å². The van der Waals surface area contributed by atoms with E-state index < -0.39 is 11.5 Å². The molecule has 0 fully saturated rings. The summed E-state index contributed by atoms with van der Waals surface area (Å²) in [7, 11) is 1.47. The molecule has 3 rings (SSSR count). The number of nitrogens with one attached hydrogen (secondary N) is 1. The number of anilines is 1. The summed E-state index contributed by atoms with van der Waals surface area (Å²) in [4.78, 5) is 24.8. The minimum Gasteiger partial charge on any atom is -0.496 e. The predicted octanol–water partition coefficient (Wildman–Crippen LogP) is 2.42. The summed E-state index contributed by atoms with van der Waals surface area (Å²) in [5.41, 5.74) is 0.363. The van der Waals surface area contributed by atoms with E-state index in [9.17, 15) is 14.7 Å². The summed E-state index contributed by atoms with van der Waals surface area (Å²) in [6.07, 6.45) is -0.338. The molecule has 5 heteroatoms. The Balaban J connectivity index is 1.98. The van der Waals surface area contributed by atoms with Gasteiger partial charge in [0.25, 0.3) is 5.91 Å². The fourth-order valence-electron chi connectivity index (χ4n) is 2.84. The first-order chi connectivity index (χ1) is 11.0. The van der Waals surface area contributed by atoms with Crippen LogP contribution in [0.1, 0.15) is 27.9 Å². The van der Waals surface area contributed by atoms with Crippen LogP contribution in [-0.4, -0.2) is 23.9 Å². The van der Waals surface area contributed by atoms with E-state index in [1.807, 2.05) is 13.0 Å². The Morgan fingerprint density at radius 1 is 1.26 bits per heavy atom. The number of Topliss-reactive ketones (excluding diaryl/α,β-unsaturated/α-hetero) is 1. The first kappa shape index (κ1) is 15.2. The van der Waals surface area contributed by atoms with E-state index in [2.05, 4.69) is 5.32 Å². The Bertz CT molecular complexity index is 799. The molecule has 1 heterocycles. The molecule has 0 spiro atoms. The van der Waals surface area contributed by atoms with Crippen LogP contribution in [0, 0.1) is 6.92 Å². The number of aryl methyl sites for hydroxylation is 1. The second-order valence-electron chi connectivity index (χ2n) is 5.66. The highest BCUT2D eigenvalue weighted by Crippen LogP contribution is 2.40. The van der Waals surface area contributed by atoms with Gasteiger partial charge in [-0.2, -0.15) is 0 Å². The van der Waals surface area contributed by atoms with Crippen LogP contribution in [0.2, 0.25) is 0 Å². The Morgan fingerprint density at radius 3 is 2.74 bits per heavy atom. The van der Waals surface area contributed by atoms with Gasteiger partial charge in [0.2, 0.25) is 0 Å². The molecular weight excluding hydrogens is 294 g/mol. The molecule has 1 atom stereocenters. The molecule has 0 radical (unpaired) electrons. The van der Waals surface area contributed by atoms with Crippen molar-refractivity contribution in [2.24, 2.45) is 0 Å². The van der Waals surface area contributed by atoms with Crippen LogP contribution in [0.3, 0.4) is 0 Å². The number of hydrogen-bond donors (Lipinski definition) is 2. The molecule has 0 saturated heterocycles. The Kier molecular flexibility index (Phi) is 3.66. The zero-order valence-electron chi connectivity index (χ0n) is 12.9. The van der Waals surface area contributed by atoms with Gasteiger partial charge in [-0.1, -0.05) is 29.8 Å². The summed E-state index contributed by atoms with van der Waals surface area (Å²) in [5.74, 6) is -0.514. The smallest absolute Gasteiger partial charge is 0.261 e. The molecule has 0 unspecified atom stereocenters. The van der Waals surface area contributed by atoms with E-state index in [0.717, 1.165) is 5.56 Å². The van der Waals surface area contributed by atoms with Gasteiger partial charge in [-0.3, -0.25) is 9.59 Å². The Labute approximate surface area is 133 Å². The molecule has 118 valence electrons. The number of hydrogen-bond acceptors (Lipinski definition) is 4. The minimum atomic E-state index is -1.86. The zero-order valence-corrected chi connectivity index (χ0v) is 12.9. The van der Waals surface area contributed by atoms with Crippen molar-refractivity contribution in [1.29, 1.82) is 0 Å². The van der Waals surface area contributed by atoms with Crippen molar-refractivity contribution in [3.8, 4) is 5.75 Å². The largest absolute Gasteiger partial charge is 0.496 e. The average molecular weight is 311 g/mol. The molecule has 2 aromatic rings. The predicted molar refractivity (Wildman–Crippen MR) is 85.6 cm³/mol. The highest BCUT2D eigenvalue weighted by Gasteiger charge is 2.47. The van der Waals surface area contributed by atoms with Crippen molar-refractivity contribution in [1.82, 2.24) is 0 Å². The van der Waals surface area contributed by atoms with Gasteiger partial charge in [-0.05, 0) is 25.1 Å². The second kappa shape index (κ2) is 5.52. The van der Waals surface area contributed by atoms with Gasteiger partial charge >= 0.3 is 0 Å². The van der Waals surface area contributed by atoms with Crippen LogP contribution in [-0.2, 0) is 10.4 Å². The molecule has 0 saturated carbocycles. The van der Waals surface area contributed by atoms with Crippen molar-refractivity contribution in [2.45, 2.75) is 18.9 Å². The van der Waals surface area contributed by atoms with E-state index in [-0.39, 0.29) is 12.2 Å². The number of amides is 1. The first-order valence-electron chi connectivity index (χ1n) is 7.27. The lowest BCUT2D eigenvalue weighted by Gasteiger charge is -2.20. The molecule has 1 aliphatic heterocycles. The maximum atomic E-state index is 12.6. The van der Waals surface area contributed by atoms with E-state index in [1.165, 1.54) is 7.11 Å². The number of benzene rings is 2. The maximum Gasteiger partial charge on any atom is 0.261 e. The van der Waals surface area contributed by atoms with Crippen LogP contribution in [0.5, 0.6) is 5.75 Å². The molecule has 23 heavy (non-hydrogen) atoms. The van der Waals surface area contributed by atoms with Gasteiger partial charge in [0.05, 0.1) is 19.1 Å². The Morgan fingerprint density at radius 2 is 2.00 bits per heavy atom. The molecule has 1 amide bonds. The number of methoxy groups -OCH3 is 1. The molecule has 5 nitrogen and oxygen atoms in total. The van der Waals surface area contributed by atoms with Gasteiger partial charge < -0.3 is 15.2 Å². The van der Waals surface area contributed by atoms with Crippen LogP contribution < -0.4 is 10.1 Å². The number of ether oxygens (including phenoxy) is 1. The minimum absolute atomic E-state index is 0.338. The third-order valence-corrected chi connectivity index (χ3v) is 4.07. The number of rotatable bonds is 4. The number of ketones is 1. The van der Waals surface area contributed by atoms with E-state index in [1.54, 1.807) is 36.4 Å². The molecule has 1 aliphatic rings. The zero-order chi connectivity index (χ0) is 16.6. The number of carbonyl (C=O) groups excluding carboxylic acids is 2. The first-order valence-corrected chi connectivity index (χ1v) is 7.27. The van der Waals surface area contributed by atoms with Crippen LogP contribution in [0.4, 0.5) is 5.69 Å². The lowest BCUT2D eigenvalue weighted by molar-refractivity contribution is -0.133. The van der Waals surface area contributed by atoms with Gasteiger partial charge in [-0.15, -0.1) is 0 Å². The van der Waals surface area contributed by atoms with E-state index >= 15 is 0 Å². The number of fused-ring (bicyclic) bond motifs is 1. The van der Waals surface area contributed by atoms with Gasteiger partial charge in [-0.25, -0.2) is 0 Å². The number of aliphatic hydroxyl groups is 1. The van der Waals surface area contributed by atoms with E-state index in [4.69, 9.17) is 4.74 Å². The topological polar surface area (TPSA) is 75.6 Å². The number of carbonyl (C=O) groups is 2. The van der Waals surface area contributed by atoms with Crippen molar-refractivity contribution >= 4 is 17.4 Å². The summed E-state index contributed by atoms with van der Waals surface area (Å²) in [5, 5.41) is 13.5. The standard InChI is InChI=1S/C18H17NO4/c1-11-7-8-14-13(9-11)18(22,17(21)19-14)10-15(20)12-5-3-4-6-16(12)23-2/h3-9,22H,10H2,1-2H3,(H,19,21)/t18-/m1/s1. The Hall–Kier alpha value is -2.66. The average Bonchev–Trinajstić information content (AvgIpc) is 2.78. The van der Waals surface area contributed by atoms with Gasteiger partial charge in [0.1, 0.15) is 5.75 Å². The fraction of sp³-hybridized carbons (Fsp3) is 0.222. The quantitative estimate of drug-likeness (QED) is 0.850. The van der Waals surface area contributed by atoms with Crippen molar-refractivity contribution < 1.29 is 19.4 Å². The monoisotopic (exact) mass is 311 g/mol.